The number of esters is 6. The molecule has 47 nitrogen and oxygen atoms in total. The average molecular weight is 2100 g/mol. The number of benzene rings is 3. The molecule has 47 heteroatoms. The Kier molecular flexibility index (Phi) is 43.6. The second-order valence-electron chi connectivity index (χ2n) is 39.4. The number of carbonyl (C=O) groups excluding carboxylic acids is 15. The number of methoxy groups -OCH3 is 2. The van der Waals surface area contributed by atoms with Gasteiger partial charge in [0.05, 0.1) is 93.2 Å². The summed E-state index contributed by atoms with van der Waals surface area (Å²) < 4.78 is 87.9. The lowest BCUT2D eigenvalue weighted by atomic mass is 9.44. The number of ketones is 2. The molecule has 0 radical (unpaired) electrons. The Balaban J connectivity index is 0.619. The van der Waals surface area contributed by atoms with Crippen molar-refractivity contribution in [3.05, 3.63) is 125 Å². The number of rotatable bonds is 53. The number of aryl methyl sites for hydroxylation is 2. The zero-order valence-electron chi connectivity index (χ0n) is 86.0. The molecule has 4 heterocycles. The van der Waals surface area contributed by atoms with Gasteiger partial charge in [0.15, 0.2) is 29.7 Å². The van der Waals surface area contributed by atoms with Crippen LogP contribution in [0.3, 0.4) is 0 Å². The number of carbonyl (C=O) groups is 15. The van der Waals surface area contributed by atoms with Crippen molar-refractivity contribution in [1.82, 2.24) is 52.2 Å². The van der Waals surface area contributed by atoms with Gasteiger partial charge < -0.3 is 144 Å². The van der Waals surface area contributed by atoms with E-state index in [-0.39, 0.29) is 112 Å². The second-order valence-corrected chi connectivity index (χ2v) is 39.4. The highest BCUT2D eigenvalue weighted by atomic mass is 16.7. The van der Waals surface area contributed by atoms with Crippen LogP contribution in [-0.4, -0.2) is 347 Å². The Bertz CT molecular complexity index is 5280. The number of unbranched alkanes of at least 4 members (excludes halogenated alkanes) is 3. The summed E-state index contributed by atoms with van der Waals surface area (Å²) in [6.45, 7) is 12.9. The SMILES string of the molecule is CCOC(=O)[C@H](CCCCNC(=O)COCC(=O)O[C@@H](C(=O)O[C@H]1C[C@@]2(O)C(OC(=O)c3ccccc3)[C@@H]3[C@]4(OC(C)=O)CO[C@@H]4C[C@H](O)[C@@]3(C)C(=O)[C@H](O)C(=C1C)C2(C)C)C(NC(=O)OC(C)(C)C)c1ccccc1)CC(=O)CNC(=O)CNC(=O)CCCc1cn(CCCCCC(=O)N[C@@H](Cc2ccc(OCCNC(=O)CC3O[C@@H](O[C@@H]4C(NC(C)=O)[C@H](OC)OC(CO)[C@H]4O)C(O)[C@@H](OC)[C@@H]3O)cc2)C(=O)OCC)nn1. The molecular weight excluding hydrogens is 1960 g/mol. The van der Waals surface area contributed by atoms with E-state index >= 15 is 9.59 Å². The first kappa shape index (κ1) is 119. The highest BCUT2D eigenvalue weighted by Crippen LogP contribution is 2.64. The molecule has 4 aromatic rings. The van der Waals surface area contributed by atoms with E-state index in [1.165, 1.54) is 73.1 Å². The summed E-state index contributed by atoms with van der Waals surface area (Å²) in [5.74, 6) is -12.9. The van der Waals surface area contributed by atoms with Gasteiger partial charge in [-0.05, 0) is 134 Å². The maximum atomic E-state index is 15.5. The minimum atomic E-state index is -2.56. The van der Waals surface area contributed by atoms with Crippen LogP contribution < -0.4 is 42.0 Å². The van der Waals surface area contributed by atoms with Crippen molar-refractivity contribution >= 4 is 88.9 Å². The van der Waals surface area contributed by atoms with Gasteiger partial charge in [-0.1, -0.05) is 92.6 Å². The van der Waals surface area contributed by atoms with Crippen LogP contribution in [0.2, 0.25) is 0 Å². The fourth-order valence-corrected chi connectivity index (χ4v) is 19.7. The smallest absolute Gasteiger partial charge is 0.408 e. The molecule has 3 aliphatic carbocycles. The molecule has 3 aromatic carbocycles. The summed E-state index contributed by atoms with van der Waals surface area (Å²) in [4.78, 5) is 203. The number of Topliss-reactive ketones (excluding diaryl/α,β-unsaturated/α-hetero) is 2. The molecule has 3 saturated heterocycles. The molecule has 3 aliphatic heterocycles. The number of aliphatic hydroxyl groups is 7. The molecular formula is C102H142N10O37. The van der Waals surface area contributed by atoms with Gasteiger partial charge in [-0.25, -0.2) is 24.0 Å². The van der Waals surface area contributed by atoms with E-state index in [2.05, 4.69) is 47.5 Å². The normalized spacial score (nSPS) is 26.6. The highest BCUT2D eigenvalue weighted by molar-refractivity contribution is 5.95. The quantitative estimate of drug-likeness (QED) is 0.0126. The Morgan fingerprint density at radius 3 is 1.99 bits per heavy atom. The molecule has 5 fully saturated rings. The number of aromatic nitrogens is 3. The van der Waals surface area contributed by atoms with Crippen molar-refractivity contribution < 1.29 is 179 Å². The van der Waals surface area contributed by atoms with Crippen LogP contribution in [0.4, 0.5) is 4.79 Å². The molecule has 7 amide bonds. The van der Waals surface area contributed by atoms with Crippen LogP contribution in [0.5, 0.6) is 5.75 Å². The van der Waals surface area contributed by atoms with Crippen LogP contribution in [-0.2, 0) is 148 Å². The van der Waals surface area contributed by atoms with Crippen LogP contribution in [0.25, 0.3) is 0 Å². The Labute approximate surface area is 861 Å². The lowest BCUT2D eigenvalue weighted by Crippen LogP contribution is -2.81. The lowest BCUT2D eigenvalue weighted by molar-refractivity contribution is -0.346. The van der Waals surface area contributed by atoms with Crippen molar-refractivity contribution in [2.45, 2.75) is 306 Å². The number of amides is 7. The predicted octanol–water partition coefficient (Wildman–Crippen LogP) is 0.911. The molecule has 822 valence electrons. The maximum Gasteiger partial charge on any atom is 0.408 e. The molecule has 14 N–H and O–H groups in total. The monoisotopic (exact) mass is 2100 g/mol. The van der Waals surface area contributed by atoms with Gasteiger partial charge in [-0.2, -0.15) is 0 Å². The summed E-state index contributed by atoms with van der Waals surface area (Å²) in [6.07, 6.45) is -21.3. The molecule has 2 bridgehead atoms. The van der Waals surface area contributed by atoms with E-state index in [0.717, 1.165) is 6.92 Å². The number of aliphatic hydroxyl groups excluding tert-OH is 6. The Hall–Kier alpha value is -12.0. The van der Waals surface area contributed by atoms with E-state index in [4.69, 9.17) is 71.1 Å². The van der Waals surface area contributed by atoms with E-state index in [1.54, 1.807) is 106 Å². The van der Waals surface area contributed by atoms with Crippen molar-refractivity contribution in [2.24, 2.45) is 22.7 Å². The van der Waals surface area contributed by atoms with E-state index in [9.17, 15) is 98.1 Å². The average Bonchev–Trinajstić information content (AvgIpc) is 0.939. The highest BCUT2D eigenvalue weighted by Gasteiger charge is 2.78. The molecule has 23 atom stereocenters. The van der Waals surface area contributed by atoms with Gasteiger partial charge >= 0.3 is 41.9 Å². The summed E-state index contributed by atoms with van der Waals surface area (Å²) in [7, 11) is 2.50. The number of hydrogen-bond acceptors (Lipinski definition) is 39. The third-order valence-electron chi connectivity index (χ3n) is 27.3. The summed E-state index contributed by atoms with van der Waals surface area (Å²) in [6, 6.07) is 18.2. The maximum absolute atomic E-state index is 15.5. The van der Waals surface area contributed by atoms with Crippen molar-refractivity contribution in [2.75, 3.05) is 86.6 Å². The van der Waals surface area contributed by atoms with Crippen LogP contribution in [0.15, 0.2) is 102 Å². The van der Waals surface area contributed by atoms with E-state index in [1.807, 2.05) is 0 Å². The minimum Gasteiger partial charge on any atom is -0.492 e. The van der Waals surface area contributed by atoms with Crippen molar-refractivity contribution in [3.63, 3.8) is 0 Å². The van der Waals surface area contributed by atoms with Crippen molar-refractivity contribution in [3.8, 4) is 5.75 Å². The third kappa shape index (κ3) is 31.2. The van der Waals surface area contributed by atoms with Gasteiger partial charge in [0.1, 0.15) is 116 Å². The van der Waals surface area contributed by atoms with Crippen LogP contribution in [0.1, 0.15) is 193 Å². The number of hydrogen-bond donors (Lipinski definition) is 14. The predicted molar refractivity (Wildman–Crippen MR) is 517 cm³/mol. The van der Waals surface area contributed by atoms with E-state index < -0.39 is 285 Å². The van der Waals surface area contributed by atoms with Crippen molar-refractivity contribution in [1.29, 1.82) is 0 Å². The van der Waals surface area contributed by atoms with Crippen LogP contribution >= 0.6 is 0 Å². The van der Waals surface area contributed by atoms with Gasteiger partial charge in [0, 0.05) is 91.3 Å². The molecule has 6 aliphatic rings. The number of fused-ring (bicyclic) bond motifs is 5. The third-order valence-corrected chi connectivity index (χ3v) is 27.3. The van der Waals surface area contributed by atoms with Gasteiger partial charge in [0.25, 0.3) is 0 Å². The number of nitrogens with zero attached hydrogens (tertiary/aromatic N) is 3. The molecule has 10 rings (SSSR count). The fraction of sp³-hybridized carbons (Fsp3) is 0.637. The molecule has 149 heavy (non-hydrogen) atoms. The first-order valence-electron chi connectivity index (χ1n) is 49.9. The molecule has 1 aromatic heterocycles. The first-order valence-corrected chi connectivity index (χ1v) is 49.9. The number of ether oxygens (including phenoxy) is 15. The Morgan fingerprint density at radius 1 is 0.678 bits per heavy atom. The standard InChI is InChI=1S/C102H142N10O37/c1-14-138-91(129)62(32-24-25-40-103-76(122)53-137-54-77(123)145-86(79(60-28-19-16-20-29-60)109-97(133)149-98(6,7)8)94(132)142-68-48-102(134)90(147-92(130)61-30-21-17-22-31-61)88-100(11,89(128)83(126)78(56(68)3)99(102,9)10)70(117)47-71-101(88,55-141-71)148-58(5)115)45-64(116)49-105-75(121)50-106-72(118)35-27-33-63-51-112(111-110-63)42-26-18-23-34-73(119)108-66(93(131)139-15-2)44-59-36-38-65(39-37-59)140-43-41-104-74(120)46-67-81(124)87(135-12)84(127)96(143-67)146-85-80(107-57(4)114)95(136-13)144-69(52-113)82(85)125/h16-17,19-22,28-31,36-39,51,62,66-71,79-88,90,95-96,113,117,124-127,134H,14-15,18,23-27,32-35,40-50,52-55H2,1-13H3,(H,103,122)(H,104,120)(H,105,121)(H,106,118)(H,107,114)(H,108,119)(H,109,133)/t62-,66+,67?,68+,69?,70+,71-,79?,80?,81-,82-,83-,84?,85-,86-,87+,88+,90?,95-,96+,100-,101+,102-/m1/s1. The topological polar surface area (TPSA) is 651 Å². The lowest BCUT2D eigenvalue weighted by Gasteiger charge is -2.67. The summed E-state index contributed by atoms with van der Waals surface area (Å²) in [5.41, 5.74) is -8.28. The van der Waals surface area contributed by atoms with E-state index in [0.29, 0.717) is 55.7 Å². The zero-order valence-corrected chi connectivity index (χ0v) is 86.0. The van der Waals surface area contributed by atoms with Gasteiger partial charge in [0.2, 0.25) is 41.5 Å². The largest absolute Gasteiger partial charge is 0.492 e. The van der Waals surface area contributed by atoms with Gasteiger partial charge in [-0.15, -0.1) is 5.10 Å². The fourth-order valence-electron chi connectivity index (χ4n) is 19.7. The first-order chi connectivity index (χ1) is 70.7. The Morgan fingerprint density at radius 2 is 1.34 bits per heavy atom. The molecule has 2 saturated carbocycles. The molecule has 6 unspecified atom stereocenters. The second kappa shape index (κ2) is 54.7. The number of alkyl carbamates (subject to hydrolysis) is 1. The zero-order chi connectivity index (χ0) is 109. The minimum absolute atomic E-state index is 0.000714. The van der Waals surface area contributed by atoms with Gasteiger partial charge in [-0.3, -0.25) is 52.6 Å². The number of nitrogens with one attached hydrogen (secondary N) is 7. The summed E-state index contributed by atoms with van der Waals surface area (Å²) in [5, 5.41) is 109. The van der Waals surface area contributed by atoms with Crippen LogP contribution in [0, 0.1) is 22.7 Å². The summed E-state index contributed by atoms with van der Waals surface area (Å²) >= 11 is 0. The molecule has 0 spiro atoms.